The first-order valence-corrected chi connectivity index (χ1v) is 8.01. The van der Waals surface area contributed by atoms with Gasteiger partial charge in [-0.3, -0.25) is 9.48 Å². The number of aliphatic hydroxyl groups excluding tert-OH is 1. The third-order valence-electron chi connectivity index (χ3n) is 3.15. The van der Waals surface area contributed by atoms with E-state index in [1.165, 1.54) is 11.8 Å². The Morgan fingerprint density at radius 2 is 2.15 bits per heavy atom. The van der Waals surface area contributed by atoms with Crippen LogP contribution in [-0.4, -0.2) is 44.9 Å². The lowest BCUT2D eigenvalue weighted by molar-refractivity contribution is 0.0929. The SMILES string of the molecule is CSC(CO)C(C)NC(=O)c1cc(C)n(C(C)(C)C)n1. The molecule has 5 nitrogen and oxygen atoms in total. The van der Waals surface area contributed by atoms with Gasteiger partial charge in [0.05, 0.1) is 12.1 Å². The van der Waals surface area contributed by atoms with E-state index >= 15 is 0 Å². The number of aliphatic hydroxyl groups is 1. The van der Waals surface area contributed by atoms with E-state index < -0.39 is 0 Å². The number of nitrogens with zero attached hydrogens (tertiary/aromatic N) is 2. The summed E-state index contributed by atoms with van der Waals surface area (Å²) in [5.74, 6) is -0.198. The Bertz CT molecular complexity index is 461. The van der Waals surface area contributed by atoms with Crippen molar-refractivity contribution >= 4 is 17.7 Å². The van der Waals surface area contributed by atoms with E-state index in [1.807, 2.05) is 45.6 Å². The van der Waals surface area contributed by atoms with Crippen LogP contribution in [0.4, 0.5) is 0 Å². The summed E-state index contributed by atoms with van der Waals surface area (Å²) in [7, 11) is 0. The molecule has 20 heavy (non-hydrogen) atoms. The number of hydrogen-bond acceptors (Lipinski definition) is 4. The van der Waals surface area contributed by atoms with E-state index in [0.29, 0.717) is 5.69 Å². The molecule has 1 rings (SSSR count). The third-order valence-corrected chi connectivity index (χ3v) is 4.32. The minimum atomic E-state index is -0.198. The van der Waals surface area contributed by atoms with Gasteiger partial charge in [-0.2, -0.15) is 16.9 Å². The van der Waals surface area contributed by atoms with Gasteiger partial charge >= 0.3 is 0 Å². The van der Waals surface area contributed by atoms with Crippen LogP contribution in [0.25, 0.3) is 0 Å². The lowest BCUT2D eigenvalue weighted by atomic mass is 10.1. The van der Waals surface area contributed by atoms with Crippen LogP contribution in [0.2, 0.25) is 0 Å². The lowest BCUT2D eigenvalue weighted by Crippen LogP contribution is -2.41. The fourth-order valence-corrected chi connectivity index (χ4v) is 2.70. The molecule has 0 saturated heterocycles. The Morgan fingerprint density at radius 3 is 2.55 bits per heavy atom. The van der Waals surface area contributed by atoms with E-state index in [0.717, 1.165) is 5.69 Å². The number of hydrogen-bond donors (Lipinski definition) is 2. The Balaban J connectivity index is 2.84. The van der Waals surface area contributed by atoms with Gasteiger partial charge in [0, 0.05) is 17.0 Å². The van der Waals surface area contributed by atoms with Crippen LogP contribution in [0, 0.1) is 6.92 Å². The zero-order chi connectivity index (χ0) is 15.5. The smallest absolute Gasteiger partial charge is 0.272 e. The average Bonchev–Trinajstić information content (AvgIpc) is 2.72. The topological polar surface area (TPSA) is 67.2 Å². The second kappa shape index (κ2) is 6.63. The quantitative estimate of drug-likeness (QED) is 0.870. The van der Waals surface area contributed by atoms with Crippen LogP contribution in [0.5, 0.6) is 0 Å². The molecule has 0 aromatic carbocycles. The molecule has 114 valence electrons. The Morgan fingerprint density at radius 1 is 1.55 bits per heavy atom. The average molecular weight is 299 g/mol. The number of aromatic nitrogens is 2. The predicted octanol–water partition coefficient (Wildman–Crippen LogP) is 1.79. The fourth-order valence-electron chi connectivity index (χ4n) is 2.07. The van der Waals surface area contributed by atoms with E-state index in [1.54, 1.807) is 6.07 Å². The Labute approximate surface area is 125 Å². The first kappa shape index (κ1) is 17.0. The first-order valence-electron chi connectivity index (χ1n) is 6.72. The van der Waals surface area contributed by atoms with Gasteiger partial charge in [-0.25, -0.2) is 0 Å². The summed E-state index contributed by atoms with van der Waals surface area (Å²) in [4.78, 5) is 12.2. The molecule has 2 atom stereocenters. The maximum atomic E-state index is 12.2. The maximum absolute atomic E-state index is 12.2. The third kappa shape index (κ3) is 3.99. The molecule has 1 aromatic rings. The van der Waals surface area contributed by atoms with Gasteiger partial charge in [0.1, 0.15) is 5.69 Å². The summed E-state index contributed by atoms with van der Waals surface area (Å²) < 4.78 is 1.85. The zero-order valence-electron chi connectivity index (χ0n) is 13.1. The molecule has 1 heterocycles. The summed E-state index contributed by atoms with van der Waals surface area (Å²) in [6, 6.07) is 1.68. The lowest BCUT2D eigenvalue weighted by Gasteiger charge is -2.21. The summed E-state index contributed by atoms with van der Waals surface area (Å²) >= 11 is 1.54. The van der Waals surface area contributed by atoms with Gasteiger partial charge in [-0.1, -0.05) is 0 Å². The predicted molar refractivity (Wildman–Crippen MR) is 83.3 cm³/mol. The standard InChI is InChI=1S/C14H25N3O2S/c1-9-7-11(16-17(9)14(3,4)5)13(19)15-10(2)12(8-18)20-6/h7,10,12,18H,8H2,1-6H3,(H,15,19). The van der Waals surface area contributed by atoms with Crippen molar-refractivity contribution in [1.82, 2.24) is 15.1 Å². The van der Waals surface area contributed by atoms with Crippen molar-refractivity contribution in [1.29, 1.82) is 0 Å². The van der Waals surface area contributed by atoms with Crippen LogP contribution >= 0.6 is 11.8 Å². The molecule has 2 N–H and O–H groups in total. The second-order valence-corrected chi connectivity index (χ2v) is 7.05. The van der Waals surface area contributed by atoms with E-state index in [4.69, 9.17) is 0 Å². The molecule has 0 aliphatic rings. The number of carbonyl (C=O) groups is 1. The van der Waals surface area contributed by atoms with Gasteiger partial charge in [-0.05, 0) is 46.9 Å². The maximum Gasteiger partial charge on any atom is 0.272 e. The highest BCUT2D eigenvalue weighted by molar-refractivity contribution is 7.99. The van der Waals surface area contributed by atoms with E-state index in [2.05, 4.69) is 10.4 Å². The highest BCUT2D eigenvalue weighted by atomic mass is 32.2. The molecule has 2 unspecified atom stereocenters. The number of rotatable bonds is 5. The van der Waals surface area contributed by atoms with Crippen LogP contribution < -0.4 is 5.32 Å². The molecule has 0 bridgehead atoms. The van der Waals surface area contributed by atoms with Crippen molar-refractivity contribution in [3.8, 4) is 0 Å². The number of carbonyl (C=O) groups excluding carboxylic acids is 1. The molecule has 0 aliphatic carbocycles. The van der Waals surface area contributed by atoms with Gasteiger partial charge in [0.25, 0.3) is 5.91 Å². The van der Waals surface area contributed by atoms with Crippen LogP contribution in [0.1, 0.15) is 43.9 Å². The Hall–Kier alpha value is -1.01. The zero-order valence-corrected chi connectivity index (χ0v) is 13.9. The molecule has 0 saturated carbocycles. The largest absolute Gasteiger partial charge is 0.395 e. The van der Waals surface area contributed by atoms with Crippen molar-refractivity contribution in [2.24, 2.45) is 0 Å². The molecular formula is C14H25N3O2S. The number of thioether (sulfide) groups is 1. The number of nitrogens with one attached hydrogen (secondary N) is 1. The summed E-state index contributed by atoms with van der Waals surface area (Å²) in [6.07, 6.45) is 1.92. The first-order chi connectivity index (χ1) is 9.20. The van der Waals surface area contributed by atoms with E-state index in [-0.39, 0.29) is 29.3 Å². The summed E-state index contributed by atoms with van der Waals surface area (Å²) in [5, 5.41) is 16.5. The molecule has 6 heteroatoms. The van der Waals surface area contributed by atoms with Gasteiger partial charge in [-0.15, -0.1) is 0 Å². The molecule has 0 fully saturated rings. The molecule has 0 aliphatic heterocycles. The van der Waals surface area contributed by atoms with Crippen molar-refractivity contribution in [3.63, 3.8) is 0 Å². The van der Waals surface area contributed by atoms with E-state index in [9.17, 15) is 9.90 Å². The van der Waals surface area contributed by atoms with Crippen LogP contribution in [0.15, 0.2) is 6.07 Å². The van der Waals surface area contributed by atoms with Crippen molar-refractivity contribution in [2.75, 3.05) is 12.9 Å². The molecule has 1 aromatic heterocycles. The molecule has 0 radical (unpaired) electrons. The number of amides is 1. The second-order valence-electron chi connectivity index (χ2n) is 5.97. The van der Waals surface area contributed by atoms with Gasteiger partial charge in [0.2, 0.25) is 0 Å². The van der Waals surface area contributed by atoms with Crippen LogP contribution in [-0.2, 0) is 5.54 Å². The molecular weight excluding hydrogens is 274 g/mol. The van der Waals surface area contributed by atoms with Crippen LogP contribution in [0.3, 0.4) is 0 Å². The van der Waals surface area contributed by atoms with Gasteiger partial charge < -0.3 is 10.4 Å². The fraction of sp³-hybridized carbons (Fsp3) is 0.714. The monoisotopic (exact) mass is 299 g/mol. The highest BCUT2D eigenvalue weighted by Gasteiger charge is 2.23. The van der Waals surface area contributed by atoms with Crippen molar-refractivity contribution in [2.45, 2.75) is 51.4 Å². The molecule has 0 spiro atoms. The van der Waals surface area contributed by atoms with Crippen molar-refractivity contribution in [3.05, 3.63) is 17.5 Å². The van der Waals surface area contributed by atoms with Gasteiger partial charge in [0.15, 0.2) is 0 Å². The Kier molecular flexibility index (Phi) is 5.65. The highest BCUT2D eigenvalue weighted by Crippen LogP contribution is 2.17. The molecule has 1 amide bonds. The summed E-state index contributed by atoms with van der Waals surface area (Å²) in [5.41, 5.74) is 1.22. The normalized spacial score (nSPS) is 14.9. The minimum Gasteiger partial charge on any atom is -0.395 e. The number of aryl methyl sites for hydroxylation is 1. The minimum absolute atomic E-state index is 0.00949. The van der Waals surface area contributed by atoms with Crippen molar-refractivity contribution < 1.29 is 9.90 Å². The summed E-state index contributed by atoms with van der Waals surface area (Å²) in [6.45, 7) is 10.0.